The topological polar surface area (TPSA) is 55.8 Å². The molecule has 0 radical (unpaired) electrons. The molecule has 0 saturated carbocycles. The van der Waals surface area contributed by atoms with Crippen molar-refractivity contribution in [2.24, 2.45) is 0 Å². The molecule has 0 aliphatic heterocycles. The maximum Gasteiger partial charge on any atom is 0.335 e. The van der Waals surface area contributed by atoms with E-state index in [-0.39, 0.29) is 12.0 Å². The van der Waals surface area contributed by atoms with E-state index >= 15 is 0 Å². The Hall–Kier alpha value is -1.62. The molecule has 88 valence electrons. The van der Waals surface area contributed by atoms with Gasteiger partial charge in [-0.15, -0.1) is 0 Å². The number of methoxy groups -OCH3 is 2. The van der Waals surface area contributed by atoms with Crippen LogP contribution in [0.15, 0.2) is 18.2 Å². The summed E-state index contributed by atoms with van der Waals surface area (Å²) in [5.41, 5.74) is 0.155. The number of hydrogen-bond donors (Lipinski definition) is 1. The summed E-state index contributed by atoms with van der Waals surface area (Å²) in [4.78, 5) is 11.0. The second-order valence-corrected chi connectivity index (χ2v) is 3.16. The molecule has 0 fully saturated rings. The van der Waals surface area contributed by atoms with E-state index in [1.165, 1.54) is 19.2 Å². The highest BCUT2D eigenvalue weighted by Gasteiger charge is 2.20. The lowest BCUT2D eigenvalue weighted by molar-refractivity contribution is -0.150. The molecular formula is C11H13FO4. The van der Waals surface area contributed by atoms with Crippen molar-refractivity contribution in [3.8, 4) is 5.75 Å². The Kier molecular flexibility index (Phi) is 4.25. The van der Waals surface area contributed by atoms with Gasteiger partial charge in [0, 0.05) is 12.0 Å². The van der Waals surface area contributed by atoms with Gasteiger partial charge in [0.1, 0.15) is 11.6 Å². The van der Waals surface area contributed by atoms with Crippen molar-refractivity contribution < 1.29 is 23.8 Å². The quantitative estimate of drug-likeness (QED) is 0.778. The molecule has 0 saturated heterocycles. The molecule has 1 N–H and O–H groups in total. The normalized spacial score (nSPS) is 12.0. The predicted molar refractivity (Wildman–Crippen MR) is 54.7 cm³/mol. The zero-order valence-electron chi connectivity index (χ0n) is 9.07. The van der Waals surface area contributed by atoms with Crippen molar-refractivity contribution >= 4 is 5.97 Å². The van der Waals surface area contributed by atoms with Gasteiger partial charge in [-0.25, -0.2) is 9.18 Å². The minimum absolute atomic E-state index is 0.155. The highest BCUT2D eigenvalue weighted by molar-refractivity contribution is 5.74. The largest absolute Gasteiger partial charge is 0.496 e. The van der Waals surface area contributed by atoms with Crippen LogP contribution >= 0.6 is 0 Å². The molecule has 0 aliphatic rings. The first-order valence-corrected chi connectivity index (χ1v) is 4.67. The van der Waals surface area contributed by atoms with Gasteiger partial charge in [0.25, 0.3) is 0 Å². The van der Waals surface area contributed by atoms with Crippen LogP contribution in [0, 0.1) is 5.82 Å². The zero-order valence-corrected chi connectivity index (χ0v) is 9.07. The van der Waals surface area contributed by atoms with Gasteiger partial charge in [0.15, 0.2) is 6.10 Å². The molecule has 5 heteroatoms. The number of aliphatic hydroxyl groups excluding tert-OH is 1. The van der Waals surface area contributed by atoms with Crippen molar-refractivity contribution in [1.82, 2.24) is 0 Å². The third-order valence-corrected chi connectivity index (χ3v) is 2.17. The molecule has 1 rings (SSSR count). The van der Waals surface area contributed by atoms with Gasteiger partial charge < -0.3 is 14.6 Å². The van der Waals surface area contributed by atoms with Gasteiger partial charge in [-0.05, 0) is 12.1 Å². The van der Waals surface area contributed by atoms with E-state index in [1.807, 2.05) is 0 Å². The lowest BCUT2D eigenvalue weighted by Gasteiger charge is -2.12. The zero-order chi connectivity index (χ0) is 12.1. The highest BCUT2D eigenvalue weighted by atomic mass is 19.1. The summed E-state index contributed by atoms with van der Waals surface area (Å²) in [6.45, 7) is 0. The van der Waals surface area contributed by atoms with Gasteiger partial charge in [0.2, 0.25) is 0 Å². The third-order valence-electron chi connectivity index (χ3n) is 2.17. The van der Waals surface area contributed by atoms with E-state index < -0.39 is 17.9 Å². The maximum absolute atomic E-state index is 13.4. The summed E-state index contributed by atoms with van der Waals surface area (Å²) < 4.78 is 22.7. The van der Waals surface area contributed by atoms with Crippen LogP contribution in [-0.2, 0) is 16.0 Å². The van der Waals surface area contributed by atoms with Crippen LogP contribution in [0.2, 0.25) is 0 Å². The number of esters is 1. The average Bonchev–Trinajstić information content (AvgIpc) is 2.30. The van der Waals surface area contributed by atoms with Crippen molar-refractivity contribution in [2.45, 2.75) is 12.5 Å². The molecule has 4 nitrogen and oxygen atoms in total. The summed E-state index contributed by atoms with van der Waals surface area (Å²) in [5.74, 6) is -1.03. The summed E-state index contributed by atoms with van der Waals surface area (Å²) in [7, 11) is 2.55. The summed E-state index contributed by atoms with van der Waals surface area (Å²) in [6.07, 6.45) is -1.57. The lowest BCUT2D eigenvalue weighted by Crippen LogP contribution is -2.24. The minimum Gasteiger partial charge on any atom is -0.496 e. The first kappa shape index (κ1) is 12.4. The van der Waals surface area contributed by atoms with E-state index in [0.29, 0.717) is 5.75 Å². The van der Waals surface area contributed by atoms with Crippen LogP contribution in [0.1, 0.15) is 5.56 Å². The van der Waals surface area contributed by atoms with Gasteiger partial charge in [0.05, 0.1) is 14.2 Å². The first-order valence-electron chi connectivity index (χ1n) is 4.67. The Morgan fingerprint density at radius 2 is 2.19 bits per heavy atom. The van der Waals surface area contributed by atoms with Gasteiger partial charge in [-0.1, -0.05) is 6.07 Å². The van der Waals surface area contributed by atoms with Crippen molar-refractivity contribution in [3.05, 3.63) is 29.6 Å². The number of benzene rings is 1. The fourth-order valence-corrected chi connectivity index (χ4v) is 1.34. The smallest absolute Gasteiger partial charge is 0.335 e. The van der Waals surface area contributed by atoms with Crippen molar-refractivity contribution in [1.29, 1.82) is 0 Å². The fraction of sp³-hybridized carbons (Fsp3) is 0.364. The fourth-order valence-electron chi connectivity index (χ4n) is 1.34. The monoisotopic (exact) mass is 228 g/mol. The van der Waals surface area contributed by atoms with Crippen LogP contribution in [0.5, 0.6) is 5.75 Å². The number of carbonyl (C=O) groups is 1. The Labute approximate surface area is 92.6 Å². The summed E-state index contributed by atoms with van der Waals surface area (Å²) in [5, 5.41) is 9.42. The Bertz CT molecular complexity index is 378. The molecule has 1 atom stereocenters. The molecule has 16 heavy (non-hydrogen) atoms. The number of halogens is 1. The van der Waals surface area contributed by atoms with Crippen LogP contribution in [0.3, 0.4) is 0 Å². The van der Waals surface area contributed by atoms with Gasteiger partial charge >= 0.3 is 5.97 Å². The van der Waals surface area contributed by atoms with Crippen molar-refractivity contribution in [3.63, 3.8) is 0 Å². The van der Waals surface area contributed by atoms with E-state index in [0.717, 1.165) is 7.11 Å². The van der Waals surface area contributed by atoms with Gasteiger partial charge in [-0.3, -0.25) is 0 Å². The molecule has 0 aliphatic carbocycles. The minimum atomic E-state index is -1.39. The number of carbonyl (C=O) groups excluding carboxylic acids is 1. The summed E-state index contributed by atoms with van der Waals surface area (Å²) in [6, 6.07) is 4.28. The molecule has 0 amide bonds. The number of rotatable bonds is 4. The molecular weight excluding hydrogens is 215 g/mol. The molecule has 0 heterocycles. The standard InChI is InChI=1S/C11H13FO4/c1-15-10-5-3-4-8(12)7(10)6-9(13)11(14)16-2/h3-5,9,13H,6H2,1-2H3. The highest BCUT2D eigenvalue weighted by Crippen LogP contribution is 2.22. The SMILES string of the molecule is COC(=O)C(O)Cc1c(F)cccc1OC. The van der Waals surface area contributed by atoms with E-state index in [2.05, 4.69) is 4.74 Å². The molecule has 1 aromatic rings. The number of hydrogen-bond acceptors (Lipinski definition) is 4. The van der Waals surface area contributed by atoms with Gasteiger partial charge in [-0.2, -0.15) is 0 Å². The molecule has 1 unspecified atom stereocenters. The van der Waals surface area contributed by atoms with E-state index in [4.69, 9.17) is 4.74 Å². The van der Waals surface area contributed by atoms with E-state index in [9.17, 15) is 14.3 Å². The Morgan fingerprint density at radius 3 is 2.75 bits per heavy atom. The molecule has 0 aromatic heterocycles. The van der Waals surface area contributed by atoms with Crippen molar-refractivity contribution in [2.75, 3.05) is 14.2 Å². The third kappa shape index (κ3) is 2.70. The Morgan fingerprint density at radius 1 is 1.50 bits per heavy atom. The Balaban J connectivity index is 2.91. The van der Waals surface area contributed by atoms with E-state index in [1.54, 1.807) is 6.07 Å². The second kappa shape index (κ2) is 5.46. The van der Waals surface area contributed by atoms with Crippen LogP contribution in [-0.4, -0.2) is 31.4 Å². The predicted octanol–water partition coefficient (Wildman–Crippen LogP) is 0.911. The summed E-state index contributed by atoms with van der Waals surface area (Å²) >= 11 is 0. The maximum atomic E-state index is 13.4. The molecule has 0 bridgehead atoms. The van der Waals surface area contributed by atoms with Crippen LogP contribution in [0.4, 0.5) is 4.39 Å². The average molecular weight is 228 g/mol. The number of aliphatic hydroxyl groups is 1. The molecule has 1 aromatic carbocycles. The number of ether oxygens (including phenoxy) is 2. The second-order valence-electron chi connectivity index (χ2n) is 3.16. The van der Waals surface area contributed by atoms with Crippen LogP contribution < -0.4 is 4.74 Å². The first-order chi connectivity index (χ1) is 7.60. The molecule has 0 spiro atoms. The lowest BCUT2D eigenvalue weighted by atomic mass is 10.1. The van der Waals surface area contributed by atoms with Crippen LogP contribution in [0.25, 0.3) is 0 Å².